The van der Waals surface area contributed by atoms with Crippen LogP contribution in [0, 0.1) is 0 Å². The van der Waals surface area contributed by atoms with Crippen LogP contribution < -0.4 is 15.4 Å². The number of para-hydroxylation sites is 2. The minimum Gasteiger partial charge on any atom is -0.489 e. The Morgan fingerprint density at radius 1 is 1.17 bits per heavy atom. The lowest BCUT2D eigenvalue weighted by Crippen LogP contribution is -2.48. The molecule has 2 aliphatic heterocycles. The van der Waals surface area contributed by atoms with E-state index >= 15 is 0 Å². The molecule has 1 aliphatic carbocycles. The number of hydrogen-bond donors (Lipinski definition) is 2. The average Bonchev–Trinajstić information content (AvgIpc) is 2.98. The van der Waals surface area contributed by atoms with Gasteiger partial charge in [-0.1, -0.05) is 31.4 Å². The molecule has 4 amide bonds. The van der Waals surface area contributed by atoms with Crippen molar-refractivity contribution >= 4 is 23.5 Å². The minimum atomic E-state index is -0.823. The molecule has 0 bridgehead atoms. The van der Waals surface area contributed by atoms with Crippen molar-refractivity contribution in [3.05, 3.63) is 24.3 Å². The van der Waals surface area contributed by atoms with Crippen LogP contribution in [0.1, 0.15) is 51.4 Å². The molecule has 2 heterocycles. The molecule has 1 atom stereocenters. The lowest BCUT2D eigenvalue weighted by atomic mass is 9.82. The van der Waals surface area contributed by atoms with Gasteiger partial charge in [0.05, 0.1) is 11.8 Å². The van der Waals surface area contributed by atoms with E-state index in [9.17, 15) is 14.4 Å². The molecule has 8 heteroatoms. The van der Waals surface area contributed by atoms with Gasteiger partial charge in [-0.2, -0.15) is 0 Å². The molecule has 1 aromatic rings. The molecular formula is C22H29N3O5. The Morgan fingerprint density at radius 3 is 2.73 bits per heavy atom. The molecule has 2 saturated heterocycles. The lowest BCUT2D eigenvalue weighted by molar-refractivity contribution is -0.134. The molecule has 0 radical (unpaired) electrons. The Balaban J connectivity index is 1.36. The first-order chi connectivity index (χ1) is 14.6. The second-order valence-corrected chi connectivity index (χ2v) is 8.31. The fourth-order valence-electron chi connectivity index (χ4n) is 4.46. The largest absolute Gasteiger partial charge is 0.489 e. The maximum absolute atomic E-state index is 12.8. The standard InChI is InChI=1S/C22H29N3O5/c26-19(14-25-20(27)22(24-21(25)28)11-5-1-6-12-22)23-17-9-2-3-10-18(17)30-15-16-8-4-7-13-29-16/h2-3,9-10,16H,1,4-8,11-15H2,(H,23,26)(H,24,28). The van der Waals surface area contributed by atoms with Crippen LogP contribution in [0.25, 0.3) is 0 Å². The van der Waals surface area contributed by atoms with E-state index in [0.717, 1.165) is 50.0 Å². The summed E-state index contributed by atoms with van der Waals surface area (Å²) >= 11 is 0. The predicted octanol–water partition coefficient (Wildman–Crippen LogP) is 2.83. The number of anilines is 1. The summed E-state index contributed by atoms with van der Waals surface area (Å²) in [6.07, 6.45) is 7.36. The number of benzene rings is 1. The average molecular weight is 415 g/mol. The summed E-state index contributed by atoms with van der Waals surface area (Å²) in [6, 6.07) is 6.66. The van der Waals surface area contributed by atoms with Crippen molar-refractivity contribution in [1.82, 2.24) is 10.2 Å². The molecule has 8 nitrogen and oxygen atoms in total. The first-order valence-electron chi connectivity index (χ1n) is 10.8. The number of carbonyl (C=O) groups is 3. The predicted molar refractivity (Wildman–Crippen MR) is 110 cm³/mol. The summed E-state index contributed by atoms with van der Waals surface area (Å²) in [5, 5.41) is 5.60. The number of rotatable bonds is 6. The van der Waals surface area contributed by atoms with Gasteiger partial charge in [0.15, 0.2) is 0 Å². The number of carbonyl (C=O) groups excluding carboxylic acids is 3. The van der Waals surface area contributed by atoms with Gasteiger partial charge in [0.2, 0.25) is 5.91 Å². The van der Waals surface area contributed by atoms with Gasteiger partial charge in [-0.25, -0.2) is 4.79 Å². The van der Waals surface area contributed by atoms with Crippen molar-refractivity contribution in [3.63, 3.8) is 0 Å². The van der Waals surface area contributed by atoms with Crippen LogP contribution >= 0.6 is 0 Å². The summed E-state index contributed by atoms with van der Waals surface area (Å²) in [5.74, 6) is -0.182. The van der Waals surface area contributed by atoms with Crippen molar-refractivity contribution in [3.8, 4) is 5.75 Å². The van der Waals surface area contributed by atoms with Crippen LogP contribution in [0.15, 0.2) is 24.3 Å². The third-order valence-corrected chi connectivity index (χ3v) is 6.11. The second-order valence-electron chi connectivity index (χ2n) is 8.31. The van der Waals surface area contributed by atoms with Gasteiger partial charge in [0.25, 0.3) is 5.91 Å². The fourth-order valence-corrected chi connectivity index (χ4v) is 4.46. The lowest BCUT2D eigenvalue weighted by Gasteiger charge is -2.30. The summed E-state index contributed by atoms with van der Waals surface area (Å²) < 4.78 is 11.6. The van der Waals surface area contributed by atoms with E-state index in [1.165, 1.54) is 0 Å². The molecule has 1 aromatic carbocycles. The van der Waals surface area contributed by atoms with E-state index < -0.39 is 17.5 Å². The molecule has 3 aliphatic rings. The van der Waals surface area contributed by atoms with Crippen molar-refractivity contribution in [1.29, 1.82) is 0 Å². The van der Waals surface area contributed by atoms with Gasteiger partial charge >= 0.3 is 6.03 Å². The number of urea groups is 1. The highest BCUT2D eigenvalue weighted by atomic mass is 16.5. The Morgan fingerprint density at radius 2 is 1.97 bits per heavy atom. The topological polar surface area (TPSA) is 97.0 Å². The molecular weight excluding hydrogens is 386 g/mol. The number of hydrogen-bond acceptors (Lipinski definition) is 5. The van der Waals surface area contributed by atoms with Crippen LogP contribution in [-0.4, -0.2) is 54.1 Å². The monoisotopic (exact) mass is 415 g/mol. The Hall–Kier alpha value is -2.61. The van der Waals surface area contributed by atoms with Crippen LogP contribution in [-0.2, 0) is 14.3 Å². The normalized spacial score (nSPS) is 23.3. The summed E-state index contributed by atoms with van der Waals surface area (Å²) in [4.78, 5) is 38.9. The number of amides is 4. The molecule has 3 fully saturated rings. The smallest absolute Gasteiger partial charge is 0.325 e. The highest BCUT2D eigenvalue weighted by Crippen LogP contribution is 2.33. The van der Waals surface area contributed by atoms with Gasteiger partial charge < -0.3 is 20.1 Å². The fraction of sp³-hybridized carbons (Fsp3) is 0.591. The van der Waals surface area contributed by atoms with Gasteiger partial charge in [-0.15, -0.1) is 0 Å². The van der Waals surface area contributed by atoms with E-state index in [1.807, 2.05) is 6.07 Å². The van der Waals surface area contributed by atoms with Gasteiger partial charge in [0.1, 0.15) is 24.4 Å². The quantitative estimate of drug-likeness (QED) is 0.697. The van der Waals surface area contributed by atoms with Gasteiger partial charge in [-0.3, -0.25) is 14.5 Å². The first kappa shape index (κ1) is 20.7. The van der Waals surface area contributed by atoms with Crippen LogP contribution in [0.2, 0.25) is 0 Å². The number of nitrogens with zero attached hydrogens (tertiary/aromatic N) is 1. The number of nitrogens with one attached hydrogen (secondary N) is 2. The van der Waals surface area contributed by atoms with E-state index in [4.69, 9.17) is 9.47 Å². The zero-order valence-corrected chi connectivity index (χ0v) is 17.2. The minimum absolute atomic E-state index is 0.0557. The molecule has 30 heavy (non-hydrogen) atoms. The van der Waals surface area contributed by atoms with Gasteiger partial charge in [-0.05, 0) is 44.2 Å². The molecule has 2 N–H and O–H groups in total. The Kier molecular flexibility index (Phi) is 6.22. The van der Waals surface area contributed by atoms with Crippen LogP contribution in [0.5, 0.6) is 5.75 Å². The summed E-state index contributed by atoms with van der Waals surface area (Å²) in [7, 11) is 0. The molecule has 1 spiro atoms. The summed E-state index contributed by atoms with van der Waals surface area (Å²) in [5.41, 5.74) is -0.311. The van der Waals surface area contributed by atoms with Crippen molar-refractivity contribution < 1.29 is 23.9 Å². The SMILES string of the molecule is O=C(CN1C(=O)NC2(CCCCC2)C1=O)Nc1ccccc1OCC1CCCCO1. The van der Waals surface area contributed by atoms with Crippen LogP contribution in [0.4, 0.5) is 10.5 Å². The van der Waals surface area contributed by atoms with Gasteiger partial charge in [0, 0.05) is 6.61 Å². The molecule has 162 valence electrons. The third-order valence-electron chi connectivity index (χ3n) is 6.11. The molecule has 4 rings (SSSR count). The van der Waals surface area contributed by atoms with E-state index in [2.05, 4.69) is 10.6 Å². The zero-order chi connectivity index (χ0) is 21.0. The second kappa shape index (κ2) is 9.04. The van der Waals surface area contributed by atoms with Crippen molar-refractivity contribution in [2.24, 2.45) is 0 Å². The first-order valence-corrected chi connectivity index (χ1v) is 10.8. The molecule has 1 unspecified atom stereocenters. The maximum Gasteiger partial charge on any atom is 0.325 e. The third kappa shape index (κ3) is 4.43. The zero-order valence-electron chi connectivity index (χ0n) is 17.2. The van der Waals surface area contributed by atoms with E-state index in [-0.39, 0.29) is 18.6 Å². The Bertz CT molecular complexity index is 800. The van der Waals surface area contributed by atoms with E-state index in [0.29, 0.717) is 30.9 Å². The van der Waals surface area contributed by atoms with Crippen molar-refractivity contribution in [2.45, 2.75) is 63.0 Å². The number of ether oxygens (including phenoxy) is 2. The molecule has 0 aromatic heterocycles. The highest BCUT2D eigenvalue weighted by molar-refractivity contribution is 6.10. The Labute approximate surface area is 176 Å². The maximum atomic E-state index is 12.8. The number of imide groups is 1. The van der Waals surface area contributed by atoms with Crippen molar-refractivity contribution in [2.75, 3.05) is 25.1 Å². The summed E-state index contributed by atoms with van der Waals surface area (Å²) in [6.45, 7) is 0.856. The molecule has 1 saturated carbocycles. The van der Waals surface area contributed by atoms with Crippen LogP contribution in [0.3, 0.4) is 0 Å². The highest BCUT2D eigenvalue weighted by Gasteiger charge is 2.51. The van der Waals surface area contributed by atoms with E-state index in [1.54, 1.807) is 18.2 Å².